The predicted molar refractivity (Wildman–Crippen MR) is 136 cm³/mol. The maximum atomic E-state index is 12.3. The second kappa shape index (κ2) is 10.1. The first kappa shape index (κ1) is 22.8. The lowest BCUT2D eigenvalue weighted by atomic mass is 10.1. The van der Waals surface area contributed by atoms with Crippen molar-refractivity contribution >= 4 is 68.1 Å². The molecule has 0 bridgehead atoms. The molecule has 0 aromatic heterocycles. The molecule has 0 aliphatic carbocycles. The smallest absolute Gasteiger partial charge is 0.363 e. The number of hydrogen-bond donors (Lipinski definition) is 0. The van der Waals surface area contributed by atoms with Gasteiger partial charge >= 0.3 is 5.97 Å². The lowest BCUT2D eigenvalue weighted by molar-refractivity contribution is -0.129. The molecule has 0 fully saturated rings. The molecule has 0 amide bonds. The third-order valence-corrected chi connectivity index (χ3v) is 6.21. The van der Waals surface area contributed by atoms with Crippen molar-refractivity contribution in [1.82, 2.24) is 0 Å². The first-order valence-electron chi connectivity index (χ1n) is 9.47. The second-order valence-corrected chi connectivity index (χ2v) is 9.27. The average Bonchev–Trinajstić information content (AvgIpc) is 3.14. The molecular formula is C24H16BrClINO4. The van der Waals surface area contributed by atoms with Crippen LogP contribution in [0.15, 0.2) is 75.8 Å². The minimum absolute atomic E-state index is 0.168. The van der Waals surface area contributed by atoms with E-state index in [-0.39, 0.29) is 11.6 Å². The normalized spacial score (nSPS) is 14.3. The Balaban J connectivity index is 1.59. The first-order valence-corrected chi connectivity index (χ1v) is 11.7. The van der Waals surface area contributed by atoms with Gasteiger partial charge in [-0.2, -0.15) is 0 Å². The van der Waals surface area contributed by atoms with E-state index >= 15 is 0 Å². The topological polar surface area (TPSA) is 57.1 Å². The molecule has 0 radical (unpaired) electrons. The number of nitrogens with zero attached hydrogens (tertiary/aromatic N) is 1. The number of cyclic esters (lactones) is 1. The average molecular weight is 625 g/mol. The van der Waals surface area contributed by atoms with Gasteiger partial charge in [0.1, 0.15) is 6.61 Å². The number of carbonyl (C=O) groups excluding carboxylic acids is 1. The Hall–Kier alpha value is -2.36. The molecule has 3 aromatic rings. The van der Waals surface area contributed by atoms with Gasteiger partial charge in [-0.15, -0.1) is 0 Å². The maximum absolute atomic E-state index is 12.3. The van der Waals surface area contributed by atoms with Crippen LogP contribution in [0.25, 0.3) is 6.08 Å². The van der Waals surface area contributed by atoms with Crippen LogP contribution in [-0.2, 0) is 16.1 Å². The van der Waals surface area contributed by atoms with Crippen LogP contribution in [0, 0.1) is 3.57 Å². The Bertz CT molecular complexity index is 1240. The molecule has 1 heterocycles. The highest BCUT2D eigenvalue weighted by molar-refractivity contribution is 14.1. The van der Waals surface area contributed by atoms with Crippen molar-refractivity contribution in [2.24, 2.45) is 4.99 Å². The van der Waals surface area contributed by atoms with Gasteiger partial charge in [0.05, 0.1) is 22.2 Å². The standard InChI is InChI=1S/C24H16BrClINO4/c1-30-21-12-15(10-18(25)22(21)31-13-14-6-8-16(27)9-7-14)11-20-24(29)32-23(28-20)17-4-2-3-5-19(17)26/h2-12H,13H2,1H3/b20-11-. The highest BCUT2D eigenvalue weighted by Crippen LogP contribution is 2.38. The summed E-state index contributed by atoms with van der Waals surface area (Å²) in [6.45, 7) is 0.393. The summed E-state index contributed by atoms with van der Waals surface area (Å²) in [6, 6.07) is 18.7. The summed E-state index contributed by atoms with van der Waals surface area (Å²) in [5, 5.41) is 0.458. The minimum atomic E-state index is -0.547. The largest absolute Gasteiger partial charge is 0.493 e. The summed E-state index contributed by atoms with van der Waals surface area (Å²) in [6.07, 6.45) is 1.63. The molecule has 0 atom stereocenters. The van der Waals surface area contributed by atoms with E-state index in [1.165, 1.54) is 0 Å². The Kier molecular flexibility index (Phi) is 7.17. The van der Waals surface area contributed by atoms with Crippen molar-refractivity contribution in [3.8, 4) is 11.5 Å². The van der Waals surface area contributed by atoms with Gasteiger partial charge in [0.25, 0.3) is 0 Å². The summed E-state index contributed by atoms with van der Waals surface area (Å²) < 4.78 is 18.7. The maximum Gasteiger partial charge on any atom is 0.363 e. The summed E-state index contributed by atoms with van der Waals surface area (Å²) >= 11 is 12.0. The first-order chi connectivity index (χ1) is 15.4. The molecular weight excluding hydrogens is 609 g/mol. The van der Waals surface area contributed by atoms with Crippen LogP contribution in [0.3, 0.4) is 0 Å². The molecule has 162 valence electrons. The molecule has 32 heavy (non-hydrogen) atoms. The van der Waals surface area contributed by atoms with Gasteiger partial charge in [-0.1, -0.05) is 35.9 Å². The fourth-order valence-electron chi connectivity index (χ4n) is 3.02. The summed E-state index contributed by atoms with van der Waals surface area (Å²) in [5.41, 5.74) is 2.47. The zero-order valence-electron chi connectivity index (χ0n) is 16.8. The van der Waals surface area contributed by atoms with Gasteiger partial charge in [-0.3, -0.25) is 0 Å². The van der Waals surface area contributed by atoms with E-state index in [9.17, 15) is 4.79 Å². The molecule has 0 saturated carbocycles. The van der Waals surface area contributed by atoms with Crippen LogP contribution >= 0.6 is 50.1 Å². The Morgan fingerprint density at radius 2 is 1.91 bits per heavy atom. The highest BCUT2D eigenvalue weighted by Gasteiger charge is 2.25. The molecule has 5 nitrogen and oxygen atoms in total. The molecule has 4 rings (SSSR count). The van der Waals surface area contributed by atoms with Crippen molar-refractivity contribution in [2.45, 2.75) is 6.61 Å². The van der Waals surface area contributed by atoms with E-state index in [4.69, 9.17) is 25.8 Å². The van der Waals surface area contributed by atoms with Crippen LogP contribution in [0.5, 0.6) is 11.5 Å². The Morgan fingerprint density at radius 1 is 1.16 bits per heavy atom. The van der Waals surface area contributed by atoms with Gasteiger partial charge in [0.15, 0.2) is 17.2 Å². The van der Waals surface area contributed by atoms with E-state index in [1.54, 1.807) is 43.5 Å². The SMILES string of the molecule is COc1cc(/C=C2\N=C(c3ccccc3Cl)OC2=O)cc(Br)c1OCc1ccc(I)cc1. The third kappa shape index (κ3) is 5.16. The van der Waals surface area contributed by atoms with Crippen LogP contribution in [0.2, 0.25) is 5.02 Å². The van der Waals surface area contributed by atoms with Crippen molar-refractivity contribution < 1.29 is 19.0 Å². The Morgan fingerprint density at radius 3 is 2.62 bits per heavy atom. The summed E-state index contributed by atoms with van der Waals surface area (Å²) in [7, 11) is 1.56. The van der Waals surface area contributed by atoms with E-state index in [0.29, 0.717) is 38.7 Å². The number of rotatable bonds is 6. The molecule has 0 spiro atoms. The number of aliphatic imine (C=N–C) groups is 1. The zero-order chi connectivity index (χ0) is 22.7. The van der Waals surface area contributed by atoms with E-state index in [0.717, 1.165) is 9.13 Å². The second-order valence-electron chi connectivity index (χ2n) is 6.77. The molecule has 0 unspecified atom stereocenters. The van der Waals surface area contributed by atoms with Crippen LogP contribution in [0.1, 0.15) is 16.7 Å². The van der Waals surface area contributed by atoms with Crippen molar-refractivity contribution in [3.63, 3.8) is 0 Å². The van der Waals surface area contributed by atoms with Crippen LogP contribution in [-0.4, -0.2) is 19.0 Å². The number of ether oxygens (including phenoxy) is 3. The number of methoxy groups -OCH3 is 1. The van der Waals surface area contributed by atoms with Gasteiger partial charge in [0.2, 0.25) is 5.90 Å². The molecule has 3 aromatic carbocycles. The minimum Gasteiger partial charge on any atom is -0.493 e. The fraction of sp³-hybridized carbons (Fsp3) is 0.0833. The fourth-order valence-corrected chi connectivity index (χ4v) is 4.17. The van der Waals surface area contributed by atoms with Gasteiger partial charge in [-0.25, -0.2) is 9.79 Å². The number of carbonyl (C=O) groups is 1. The predicted octanol–water partition coefficient (Wildman–Crippen LogP) is 6.64. The molecule has 0 N–H and O–H groups in total. The van der Waals surface area contributed by atoms with Gasteiger partial charge in [0, 0.05) is 3.57 Å². The molecule has 1 aliphatic rings. The summed E-state index contributed by atoms with van der Waals surface area (Å²) in [4.78, 5) is 16.7. The van der Waals surface area contributed by atoms with Gasteiger partial charge < -0.3 is 14.2 Å². The number of esters is 1. The van der Waals surface area contributed by atoms with E-state index < -0.39 is 5.97 Å². The van der Waals surface area contributed by atoms with E-state index in [1.807, 2.05) is 30.3 Å². The lowest BCUT2D eigenvalue weighted by Gasteiger charge is -2.14. The highest BCUT2D eigenvalue weighted by atomic mass is 127. The summed E-state index contributed by atoms with van der Waals surface area (Å²) in [5.74, 6) is 0.727. The molecule has 8 heteroatoms. The van der Waals surface area contributed by atoms with Crippen molar-refractivity contribution in [1.29, 1.82) is 0 Å². The number of halogens is 3. The molecule has 0 saturated heterocycles. The van der Waals surface area contributed by atoms with Crippen molar-refractivity contribution in [3.05, 3.63) is 96.1 Å². The quantitative estimate of drug-likeness (QED) is 0.175. The van der Waals surface area contributed by atoms with Gasteiger partial charge in [-0.05, 0) is 92.1 Å². The van der Waals surface area contributed by atoms with Crippen LogP contribution < -0.4 is 9.47 Å². The third-order valence-electron chi connectivity index (χ3n) is 4.58. The van der Waals surface area contributed by atoms with Crippen LogP contribution in [0.4, 0.5) is 0 Å². The molecule has 1 aliphatic heterocycles. The monoisotopic (exact) mass is 623 g/mol. The number of benzene rings is 3. The zero-order valence-corrected chi connectivity index (χ0v) is 21.3. The van der Waals surface area contributed by atoms with E-state index in [2.05, 4.69) is 43.5 Å². The van der Waals surface area contributed by atoms with Crippen molar-refractivity contribution in [2.75, 3.05) is 7.11 Å². The number of hydrogen-bond acceptors (Lipinski definition) is 5. The lowest BCUT2D eigenvalue weighted by Crippen LogP contribution is -2.05. The Labute approximate surface area is 212 Å².